The number of rotatable bonds is 7. The van der Waals surface area contributed by atoms with Crippen molar-refractivity contribution < 1.29 is 29.0 Å². The van der Waals surface area contributed by atoms with Gasteiger partial charge in [0.15, 0.2) is 23.9 Å². The van der Waals surface area contributed by atoms with Gasteiger partial charge in [-0.1, -0.05) is 11.6 Å². The molecule has 1 aromatic rings. The van der Waals surface area contributed by atoms with E-state index in [-0.39, 0.29) is 22.3 Å². The quantitative estimate of drug-likeness (QED) is 0.667. The minimum absolute atomic E-state index is 0.160. The third-order valence-electron chi connectivity index (χ3n) is 3.67. The number of carbonyl (C=O) groups is 3. The fourth-order valence-corrected chi connectivity index (χ4v) is 2.95. The van der Waals surface area contributed by atoms with E-state index in [9.17, 15) is 14.4 Å². The van der Waals surface area contributed by atoms with Crippen LogP contribution in [0.15, 0.2) is 23.4 Å². The predicted octanol–water partition coefficient (Wildman–Crippen LogP) is 2.42. The standard InChI is InChI=1S/C17H19ClN2O6/c1-4-25-12-5-10(11(18)6-13(12)26-7-14(22)23)16-15(9(3)21)8(2)19-17(24)20-16/h5-6,16H,4,7H2,1-3H3,(H,22,23)(H2,19,20,24)/t16-/m1/s1. The van der Waals surface area contributed by atoms with Gasteiger partial charge in [0.25, 0.3) is 0 Å². The Labute approximate surface area is 155 Å². The van der Waals surface area contributed by atoms with Crippen LogP contribution in [0.25, 0.3) is 0 Å². The number of allylic oxidation sites excluding steroid dienone is 1. The van der Waals surface area contributed by atoms with E-state index in [2.05, 4.69) is 10.6 Å². The summed E-state index contributed by atoms with van der Waals surface area (Å²) in [6, 6.07) is 1.72. The lowest BCUT2D eigenvalue weighted by Crippen LogP contribution is -2.44. The number of aliphatic carboxylic acids is 1. The Morgan fingerprint density at radius 2 is 1.92 bits per heavy atom. The molecule has 26 heavy (non-hydrogen) atoms. The molecule has 1 aliphatic heterocycles. The Hall–Kier alpha value is -2.74. The topological polar surface area (TPSA) is 114 Å². The van der Waals surface area contributed by atoms with Crippen LogP contribution in [0.2, 0.25) is 5.02 Å². The summed E-state index contributed by atoms with van der Waals surface area (Å²) >= 11 is 6.33. The van der Waals surface area contributed by atoms with Crippen molar-refractivity contribution in [3.05, 3.63) is 34.0 Å². The van der Waals surface area contributed by atoms with Crippen LogP contribution in [0.4, 0.5) is 4.79 Å². The third-order valence-corrected chi connectivity index (χ3v) is 4.00. The molecule has 140 valence electrons. The molecule has 1 atom stereocenters. The lowest BCUT2D eigenvalue weighted by atomic mass is 9.92. The molecule has 8 nitrogen and oxygen atoms in total. The van der Waals surface area contributed by atoms with Gasteiger partial charge >= 0.3 is 12.0 Å². The number of carbonyl (C=O) groups excluding carboxylic acids is 2. The Balaban J connectivity index is 2.52. The maximum absolute atomic E-state index is 12.1. The molecule has 0 radical (unpaired) electrons. The van der Waals surface area contributed by atoms with Crippen LogP contribution in [0, 0.1) is 0 Å². The molecular weight excluding hydrogens is 364 g/mol. The van der Waals surface area contributed by atoms with E-state index in [0.717, 1.165) is 0 Å². The first-order chi connectivity index (χ1) is 12.2. The average Bonchev–Trinajstić information content (AvgIpc) is 2.53. The zero-order valence-corrected chi connectivity index (χ0v) is 15.3. The van der Waals surface area contributed by atoms with Gasteiger partial charge < -0.3 is 25.2 Å². The second-order valence-electron chi connectivity index (χ2n) is 5.56. The smallest absolute Gasteiger partial charge is 0.341 e. The Bertz CT molecular complexity index is 790. The highest BCUT2D eigenvalue weighted by Crippen LogP contribution is 2.39. The molecule has 0 bridgehead atoms. The first-order valence-corrected chi connectivity index (χ1v) is 8.22. The molecule has 0 spiro atoms. The molecule has 0 unspecified atom stereocenters. The van der Waals surface area contributed by atoms with Gasteiger partial charge in [-0.2, -0.15) is 0 Å². The van der Waals surface area contributed by atoms with E-state index in [1.807, 2.05) is 0 Å². The fourth-order valence-electron chi connectivity index (χ4n) is 2.69. The SMILES string of the molecule is CCOc1cc([C@H]2NC(=O)NC(C)=C2C(C)=O)c(Cl)cc1OCC(=O)O. The van der Waals surface area contributed by atoms with E-state index < -0.39 is 24.6 Å². The molecule has 0 aromatic heterocycles. The molecule has 0 saturated carbocycles. The number of nitrogens with one attached hydrogen (secondary N) is 2. The van der Waals surface area contributed by atoms with Gasteiger partial charge in [0, 0.05) is 22.9 Å². The van der Waals surface area contributed by atoms with Crippen molar-refractivity contribution in [3.63, 3.8) is 0 Å². The van der Waals surface area contributed by atoms with Gasteiger partial charge in [-0.15, -0.1) is 0 Å². The van der Waals surface area contributed by atoms with Crippen molar-refractivity contribution in [3.8, 4) is 11.5 Å². The van der Waals surface area contributed by atoms with Gasteiger partial charge in [-0.25, -0.2) is 9.59 Å². The fraction of sp³-hybridized carbons (Fsp3) is 0.353. The molecule has 1 aromatic carbocycles. The second kappa shape index (κ2) is 8.09. The highest BCUT2D eigenvalue weighted by Gasteiger charge is 2.31. The number of hydrogen-bond donors (Lipinski definition) is 3. The van der Waals surface area contributed by atoms with Gasteiger partial charge in [0.2, 0.25) is 0 Å². The minimum atomic E-state index is -1.14. The van der Waals surface area contributed by atoms with Crippen LogP contribution < -0.4 is 20.1 Å². The molecule has 3 N–H and O–H groups in total. The van der Waals surface area contributed by atoms with E-state index in [1.54, 1.807) is 13.8 Å². The van der Waals surface area contributed by atoms with Crippen molar-refractivity contribution in [2.45, 2.75) is 26.8 Å². The van der Waals surface area contributed by atoms with Crippen LogP contribution in [-0.2, 0) is 9.59 Å². The number of urea groups is 1. The van der Waals surface area contributed by atoms with E-state index >= 15 is 0 Å². The second-order valence-corrected chi connectivity index (χ2v) is 5.97. The molecule has 0 fully saturated rings. The van der Waals surface area contributed by atoms with Crippen LogP contribution in [-0.4, -0.2) is 36.1 Å². The number of ketones is 1. The van der Waals surface area contributed by atoms with Crippen LogP contribution >= 0.6 is 11.6 Å². The average molecular weight is 383 g/mol. The summed E-state index contributed by atoms with van der Waals surface area (Å²) in [6.45, 7) is 4.53. The highest BCUT2D eigenvalue weighted by molar-refractivity contribution is 6.31. The predicted molar refractivity (Wildman–Crippen MR) is 93.5 cm³/mol. The summed E-state index contributed by atoms with van der Waals surface area (Å²) in [5, 5.41) is 14.2. The normalized spacial score (nSPS) is 16.6. The monoisotopic (exact) mass is 382 g/mol. The van der Waals surface area contributed by atoms with Gasteiger partial charge in [-0.3, -0.25) is 4.79 Å². The number of ether oxygens (including phenoxy) is 2. The maximum Gasteiger partial charge on any atom is 0.341 e. The number of hydrogen-bond acceptors (Lipinski definition) is 5. The number of benzene rings is 1. The molecule has 2 amide bonds. The zero-order chi connectivity index (χ0) is 19.4. The summed E-state index contributed by atoms with van der Waals surface area (Å²) < 4.78 is 10.7. The summed E-state index contributed by atoms with van der Waals surface area (Å²) in [5.74, 6) is -0.939. The summed E-state index contributed by atoms with van der Waals surface area (Å²) in [4.78, 5) is 34.6. The van der Waals surface area contributed by atoms with Gasteiger partial charge in [0.1, 0.15) is 0 Å². The number of carboxylic acids is 1. The van der Waals surface area contributed by atoms with E-state index in [4.69, 9.17) is 26.2 Å². The van der Waals surface area contributed by atoms with Crippen molar-refractivity contribution in [2.75, 3.05) is 13.2 Å². The molecule has 0 saturated heterocycles. The van der Waals surface area contributed by atoms with Crippen molar-refractivity contribution in [1.82, 2.24) is 10.6 Å². The molecule has 1 heterocycles. The van der Waals surface area contributed by atoms with Crippen molar-refractivity contribution >= 4 is 29.4 Å². The Kier molecular flexibility index (Phi) is 6.10. The Morgan fingerprint density at radius 1 is 1.27 bits per heavy atom. The van der Waals surface area contributed by atoms with E-state index in [1.165, 1.54) is 19.1 Å². The van der Waals surface area contributed by atoms with Crippen molar-refractivity contribution in [1.29, 1.82) is 0 Å². The van der Waals surface area contributed by atoms with Crippen LogP contribution in [0.3, 0.4) is 0 Å². The zero-order valence-electron chi connectivity index (χ0n) is 14.5. The molecule has 0 aliphatic carbocycles. The lowest BCUT2D eigenvalue weighted by Gasteiger charge is -2.29. The van der Waals surface area contributed by atoms with Gasteiger partial charge in [0.05, 0.1) is 17.7 Å². The van der Waals surface area contributed by atoms with E-state index in [0.29, 0.717) is 23.4 Å². The number of amides is 2. The van der Waals surface area contributed by atoms with Crippen LogP contribution in [0.1, 0.15) is 32.4 Å². The minimum Gasteiger partial charge on any atom is -0.490 e. The summed E-state index contributed by atoms with van der Waals surface area (Å²) in [7, 11) is 0. The molecular formula is C17H19ClN2O6. The largest absolute Gasteiger partial charge is 0.490 e. The highest BCUT2D eigenvalue weighted by atomic mass is 35.5. The van der Waals surface area contributed by atoms with Crippen molar-refractivity contribution in [2.24, 2.45) is 0 Å². The first-order valence-electron chi connectivity index (χ1n) is 7.84. The lowest BCUT2D eigenvalue weighted by molar-refractivity contribution is -0.139. The van der Waals surface area contributed by atoms with Gasteiger partial charge in [-0.05, 0) is 26.8 Å². The molecule has 2 rings (SSSR count). The number of carboxylic acid groups (broad SMARTS) is 1. The Morgan fingerprint density at radius 3 is 2.50 bits per heavy atom. The number of Topliss-reactive ketones (excluding diaryl/α,β-unsaturated/α-hetero) is 1. The summed E-state index contributed by atoms with van der Waals surface area (Å²) in [5.41, 5.74) is 1.25. The number of halogens is 1. The first kappa shape index (κ1) is 19.6. The maximum atomic E-state index is 12.1. The molecule has 1 aliphatic rings. The summed E-state index contributed by atoms with van der Waals surface area (Å²) in [6.07, 6.45) is 0. The van der Waals surface area contributed by atoms with Crippen LogP contribution in [0.5, 0.6) is 11.5 Å². The third kappa shape index (κ3) is 4.26. The molecule has 9 heteroatoms.